The Morgan fingerprint density at radius 3 is 2.52 bits per heavy atom. The Morgan fingerprint density at radius 2 is 1.72 bits per heavy atom. The average Bonchev–Trinajstić information content (AvgIpc) is 2.91. The minimum atomic E-state index is -0.106. The number of fused-ring (bicyclic) bond motifs is 1. The summed E-state index contributed by atoms with van der Waals surface area (Å²) in [6.45, 7) is 5.42. The van der Waals surface area contributed by atoms with E-state index in [0.717, 1.165) is 18.4 Å². The Morgan fingerprint density at radius 1 is 0.960 bits per heavy atom. The molecule has 3 N–H and O–H groups in total. The van der Waals surface area contributed by atoms with E-state index in [2.05, 4.69) is 59.8 Å². The van der Waals surface area contributed by atoms with Gasteiger partial charge in [0.15, 0.2) is 0 Å². The minimum Gasteiger partial charge on any atom is -0.358 e. The van der Waals surface area contributed by atoms with Gasteiger partial charge < -0.3 is 15.6 Å². The van der Waals surface area contributed by atoms with Crippen molar-refractivity contribution in [2.24, 2.45) is 0 Å². The van der Waals surface area contributed by atoms with Crippen LogP contribution in [0.3, 0.4) is 0 Å². The van der Waals surface area contributed by atoms with E-state index in [4.69, 9.17) is 0 Å². The number of benzene rings is 2. The van der Waals surface area contributed by atoms with Crippen LogP contribution in [0.2, 0.25) is 0 Å². The predicted octanol–water partition coefficient (Wildman–Crippen LogP) is 3.87. The van der Waals surface area contributed by atoms with Crippen LogP contribution in [0.15, 0.2) is 48.5 Å². The highest BCUT2D eigenvalue weighted by Crippen LogP contribution is 2.21. The van der Waals surface area contributed by atoms with Crippen LogP contribution in [-0.2, 0) is 12.8 Å². The molecule has 0 unspecified atom stereocenters. The third kappa shape index (κ3) is 4.41. The van der Waals surface area contributed by atoms with Gasteiger partial charge in [-0.3, -0.25) is 0 Å². The molecule has 0 atom stereocenters. The number of rotatable bonds is 6. The van der Waals surface area contributed by atoms with E-state index in [9.17, 15) is 4.79 Å². The van der Waals surface area contributed by atoms with E-state index in [1.165, 1.54) is 27.8 Å². The Hall–Kier alpha value is -2.75. The lowest BCUT2D eigenvalue weighted by Gasteiger charge is -2.08. The molecule has 0 fully saturated rings. The average molecular weight is 335 g/mol. The molecule has 1 heterocycles. The summed E-state index contributed by atoms with van der Waals surface area (Å²) >= 11 is 0. The van der Waals surface area contributed by atoms with Crippen molar-refractivity contribution < 1.29 is 4.79 Å². The van der Waals surface area contributed by atoms with Gasteiger partial charge in [-0.05, 0) is 43.9 Å². The smallest absolute Gasteiger partial charge is 0.314 e. The van der Waals surface area contributed by atoms with Crippen molar-refractivity contribution in [1.82, 2.24) is 15.6 Å². The van der Waals surface area contributed by atoms with Crippen molar-refractivity contribution in [3.8, 4) is 0 Å². The fourth-order valence-corrected chi connectivity index (χ4v) is 3.21. The molecule has 0 saturated heterocycles. The lowest BCUT2D eigenvalue weighted by atomic mass is 10.1. The predicted molar refractivity (Wildman–Crippen MR) is 103 cm³/mol. The maximum absolute atomic E-state index is 11.9. The number of aromatic amines is 1. The summed E-state index contributed by atoms with van der Waals surface area (Å²) < 4.78 is 0. The molecule has 0 aliphatic rings. The van der Waals surface area contributed by atoms with Gasteiger partial charge in [-0.25, -0.2) is 4.79 Å². The number of carbonyl (C=O) groups excluding carboxylic acids is 1. The van der Waals surface area contributed by atoms with Gasteiger partial charge in [0.25, 0.3) is 0 Å². The summed E-state index contributed by atoms with van der Waals surface area (Å²) in [5, 5.41) is 7.11. The second kappa shape index (κ2) is 7.88. The number of carbonyl (C=O) groups is 1. The molecule has 0 aliphatic heterocycles. The van der Waals surface area contributed by atoms with E-state index in [1.54, 1.807) is 0 Å². The van der Waals surface area contributed by atoms with Crippen molar-refractivity contribution in [3.05, 3.63) is 70.9 Å². The van der Waals surface area contributed by atoms with Crippen LogP contribution in [0.5, 0.6) is 0 Å². The number of amides is 2. The van der Waals surface area contributed by atoms with Gasteiger partial charge in [0.2, 0.25) is 0 Å². The number of aryl methyl sites for hydroxylation is 2. The molecule has 2 aromatic carbocycles. The highest BCUT2D eigenvalue weighted by atomic mass is 16.2. The first-order chi connectivity index (χ1) is 12.1. The lowest BCUT2D eigenvalue weighted by molar-refractivity contribution is 0.241. The summed E-state index contributed by atoms with van der Waals surface area (Å²) in [5.41, 5.74) is 6.09. The maximum atomic E-state index is 11.9. The summed E-state index contributed by atoms with van der Waals surface area (Å²) in [7, 11) is 0. The summed E-state index contributed by atoms with van der Waals surface area (Å²) in [6.07, 6.45) is 1.66. The molecule has 25 heavy (non-hydrogen) atoms. The second-order valence-electron chi connectivity index (χ2n) is 6.45. The second-order valence-corrected chi connectivity index (χ2v) is 6.45. The largest absolute Gasteiger partial charge is 0.358 e. The SMILES string of the molecule is Cc1cccc(CCNC(=O)NCCc2c(C)[nH]c3ccccc23)c1. The number of nitrogens with one attached hydrogen (secondary N) is 3. The van der Waals surface area contributed by atoms with Gasteiger partial charge in [-0.15, -0.1) is 0 Å². The number of hydrogen-bond donors (Lipinski definition) is 3. The molecular formula is C21H25N3O. The fourth-order valence-electron chi connectivity index (χ4n) is 3.21. The molecule has 0 radical (unpaired) electrons. The standard InChI is InChI=1S/C21H25N3O/c1-15-6-5-7-17(14-15)10-12-22-21(25)23-13-11-18-16(2)24-20-9-4-3-8-19(18)20/h3-9,14,24H,10-13H2,1-2H3,(H2,22,23,25). The molecule has 4 heteroatoms. The molecule has 2 amide bonds. The first kappa shape index (κ1) is 17.1. The zero-order valence-corrected chi connectivity index (χ0v) is 14.9. The molecule has 0 bridgehead atoms. The van der Waals surface area contributed by atoms with Crippen LogP contribution in [0, 0.1) is 13.8 Å². The number of hydrogen-bond acceptors (Lipinski definition) is 1. The van der Waals surface area contributed by atoms with Gasteiger partial charge in [0, 0.05) is 29.7 Å². The van der Waals surface area contributed by atoms with Gasteiger partial charge in [-0.1, -0.05) is 48.0 Å². The normalized spacial score (nSPS) is 10.8. The summed E-state index contributed by atoms with van der Waals surface area (Å²) in [5.74, 6) is 0. The zero-order chi connectivity index (χ0) is 17.6. The number of para-hydroxylation sites is 1. The Kier molecular flexibility index (Phi) is 5.39. The molecule has 1 aromatic heterocycles. The highest BCUT2D eigenvalue weighted by molar-refractivity contribution is 5.84. The number of urea groups is 1. The summed E-state index contributed by atoms with van der Waals surface area (Å²) in [4.78, 5) is 15.3. The van der Waals surface area contributed by atoms with Gasteiger partial charge in [-0.2, -0.15) is 0 Å². The minimum absolute atomic E-state index is 0.106. The molecule has 0 saturated carbocycles. The van der Waals surface area contributed by atoms with Crippen molar-refractivity contribution in [1.29, 1.82) is 0 Å². The Balaban J connectivity index is 1.44. The van der Waals surface area contributed by atoms with Crippen LogP contribution in [0.25, 0.3) is 10.9 Å². The van der Waals surface area contributed by atoms with Gasteiger partial charge >= 0.3 is 6.03 Å². The van der Waals surface area contributed by atoms with Gasteiger partial charge in [0.1, 0.15) is 0 Å². The molecule has 130 valence electrons. The van der Waals surface area contributed by atoms with E-state index >= 15 is 0 Å². The quantitative estimate of drug-likeness (QED) is 0.629. The third-order valence-corrected chi connectivity index (χ3v) is 4.47. The fraction of sp³-hybridized carbons (Fsp3) is 0.286. The highest BCUT2D eigenvalue weighted by Gasteiger charge is 2.08. The Labute approximate surface area is 148 Å². The van der Waals surface area contributed by atoms with Crippen molar-refractivity contribution in [2.75, 3.05) is 13.1 Å². The van der Waals surface area contributed by atoms with E-state index in [-0.39, 0.29) is 6.03 Å². The number of H-pyrrole nitrogens is 1. The van der Waals surface area contributed by atoms with Crippen LogP contribution < -0.4 is 10.6 Å². The first-order valence-electron chi connectivity index (χ1n) is 8.77. The van der Waals surface area contributed by atoms with Crippen molar-refractivity contribution >= 4 is 16.9 Å². The summed E-state index contributed by atoms with van der Waals surface area (Å²) in [6, 6.07) is 16.5. The van der Waals surface area contributed by atoms with Crippen LogP contribution in [0.1, 0.15) is 22.4 Å². The lowest BCUT2D eigenvalue weighted by Crippen LogP contribution is -2.37. The molecule has 3 aromatic rings. The van der Waals surface area contributed by atoms with Crippen LogP contribution in [0.4, 0.5) is 4.79 Å². The number of aromatic nitrogens is 1. The van der Waals surface area contributed by atoms with E-state index in [0.29, 0.717) is 13.1 Å². The molecule has 4 nitrogen and oxygen atoms in total. The van der Waals surface area contributed by atoms with E-state index in [1.807, 2.05) is 18.2 Å². The topological polar surface area (TPSA) is 56.9 Å². The van der Waals surface area contributed by atoms with Crippen molar-refractivity contribution in [3.63, 3.8) is 0 Å². The monoisotopic (exact) mass is 335 g/mol. The molecule has 0 spiro atoms. The molecule has 0 aliphatic carbocycles. The van der Waals surface area contributed by atoms with Crippen LogP contribution >= 0.6 is 0 Å². The first-order valence-corrected chi connectivity index (χ1v) is 8.77. The van der Waals surface area contributed by atoms with Crippen LogP contribution in [-0.4, -0.2) is 24.1 Å². The molecule has 3 rings (SSSR count). The third-order valence-electron chi connectivity index (χ3n) is 4.47. The Bertz CT molecular complexity index is 866. The maximum Gasteiger partial charge on any atom is 0.314 e. The zero-order valence-electron chi connectivity index (χ0n) is 14.9. The van der Waals surface area contributed by atoms with E-state index < -0.39 is 0 Å². The van der Waals surface area contributed by atoms with Gasteiger partial charge in [0.05, 0.1) is 0 Å². The van der Waals surface area contributed by atoms with Crippen molar-refractivity contribution in [2.45, 2.75) is 26.7 Å². The molecular weight excluding hydrogens is 310 g/mol.